The highest BCUT2D eigenvalue weighted by molar-refractivity contribution is 8.01. The predicted octanol–water partition coefficient (Wildman–Crippen LogP) is 3.20. The lowest BCUT2D eigenvalue weighted by atomic mass is 10.1. The van der Waals surface area contributed by atoms with Crippen LogP contribution in [0.5, 0.6) is 0 Å². The molecule has 0 aliphatic carbocycles. The van der Waals surface area contributed by atoms with E-state index in [1.54, 1.807) is 11.8 Å². The van der Waals surface area contributed by atoms with Crippen molar-refractivity contribution in [3.63, 3.8) is 0 Å². The number of aryl methyl sites for hydroxylation is 1. The number of thioether (sulfide) groups is 1. The number of amides is 1. The Balaban J connectivity index is 2.70. The molecule has 0 atom stereocenters. The molecule has 0 aliphatic rings. The largest absolute Gasteiger partial charge is 0.395 e. The van der Waals surface area contributed by atoms with E-state index in [9.17, 15) is 4.79 Å². The summed E-state index contributed by atoms with van der Waals surface area (Å²) in [6.45, 7) is 8.31. The maximum atomic E-state index is 11.9. The molecule has 21 heavy (non-hydrogen) atoms. The summed E-state index contributed by atoms with van der Waals surface area (Å²) in [6.07, 6.45) is 0.457. The van der Waals surface area contributed by atoms with Crippen LogP contribution in [-0.4, -0.2) is 28.1 Å². The Morgan fingerprint density at radius 2 is 2.10 bits per heavy atom. The Bertz CT molecular complexity index is 550. The molecule has 0 bridgehead atoms. The molecule has 114 valence electrons. The number of rotatable bonds is 4. The zero-order valence-corrected chi connectivity index (χ0v) is 13.9. The van der Waals surface area contributed by atoms with Crippen LogP contribution in [0.4, 0.5) is 5.69 Å². The number of anilines is 1. The molecule has 0 unspecified atom stereocenters. The van der Waals surface area contributed by atoms with Crippen molar-refractivity contribution in [1.82, 2.24) is 0 Å². The van der Waals surface area contributed by atoms with Crippen LogP contribution in [-0.2, 0) is 4.79 Å². The van der Waals surface area contributed by atoms with Crippen molar-refractivity contribution in [3.8, 4) is 11.8 Å². The van der Waals surface area contributed by atoms with Gasteiger partial charge in [-0.1, -0.05) is 38.7 Å². The normalized spacial score (nSPS) is 10.7. The van der Waals surface area contributed by atoms with E-state index in [1.165, 1.54) is 0 Å². The number of nitrogens with one attached hydrogen (secondary N) is 1. The van der Waals surface area contributed by atoms with Crippen molar-refractivity contribution in [2.75, 3.05) is 17.7 Å². The summed E-state index contributed by atoms with van der Waals surface area (Å²) >= 11 is 1.62. The summed E-state index contributed by atoms with van der Waals surface area (Å²) in [5.41, 5.74) is 2.70. The van der Waals surface area contributed by atoms with Crippen LogP contribution in [0.1, 0.15) is 38.3 Å². The lowest BCUT2D eigenvalue weighted by Crippen LogP contribution is -2.19. The molecule has 0 saturated carbocycles. The van der Waals surface area contributed by atoms with Gasteiger partial charge in [0.2, 0.25) is 5.91 Å². The SMILES string of the molecule is Cc1ccc(NC(=O)CSC(C)(C)C)cc1C#CCCO. The minimum atomic E-state index is -0.00644. The maximum absolute atomic E-state index is 11.9. The summed E-state index contributed by atoms with van der Waals surface area (Å²) in [5, 5.41) is 11.6. The Morgan fingerprint density at radius 1 is 1.38 bits per heavy atom. The summed E-state index contributed by atoms with van der Waals surface area (Å²) in [4.78, 5) is 11.9. The van der Waals surface area contributed by atoms with Gasteiger partial charge in [0.05, 0.1) is 12.4 Å². The quantitative estimate of drug-likeness (QED) is 0.840. The molecule has 0 saturated heterocycles. The highest BCUT2D eigenvalue weighted by Gasteiger charge is 2.13. The van der Waals surface area contributed by atoms with Crippen molar-refractivity contribution in [1.29, 1.82) is 0 Å². The van der Waals surface area contributed by atoms with Crippen LogP contribution in [0.2, 0.25) is 0 Å². The smallest absolute Gasteiger partial charge is 0.234 e. The highest BCUT2D eigenvalue weighted by Crippen LogP contribution is 2.23. The van der Waals surface area contributed by atoms with E-state index in [2.05, 4.69) is 37.9 Å². The summed E-state index contributed by atoms with van der Waals surface area (Å²) in [5.74, 6) is 6.35. The van der Waals surface area contributed by atoms with Gasteiger partial charge in [-0.05, 0) is 24.6 Å². The molecule has 0 heterocycles. The lowest BCUT2D eigenvalue weighted by Gasteiger charge is -2.17. The molecule has 0 fully saturated rings. The van der Waals surface area contributed by atoms with Gasteiger partial charge in [-0.15, -0.1) is 11.8 Å². The van der Waals surface area contributed by atoms with Gasteiger partial charge in [0, 0.05) is 22.4 Å². The average molecular weight is 305 g/mol. The van der Waals surface area contributed by atoms with E-state index in [1.807, 2.05) is 25.1 Å². The second kappa shape index (κ2) is 8.11. The lowest BCUT2D eigenvalue weighted by molar-refractivity contribution is -0.113. The first-order chi connectivity index (χ1) is 9.81. The number of carbonyl (C=O) groups excluding carboxylic acids is 1. The number of hydrogen-bond donors (Lipinski definition) is 2. The molecular weight excluding hydrogens is 282 g/mol. The standard InChI is InChI=1S/C17H23NO2S/c1-13-8-9-15(11-14(13)7-5-6-10-19)18-16(20)12-21-17(2,3)4/h8-9,11,19H,6,10,12H2,1-4H3,(H,18,20). The second-order valence-corrected chi connectivity index (χ2v) is 7.56. The first-order valence-corrected chi connectivity index (χ1v) is 7.94. The predicted molar refractivity (Wildman–Crippen MR) is 90.6 cm³/mol. The molecule has 1 aromatic rings. The first-order valence-electron chi connectivity index (χ1n) is 6.96. The van der Waals surface area contributed by atoms with E-state index in [0.29, 0.717) is 12.2 Å². The minimum Gasteiger partial charge on any atom is -0.395 e. The monoisotopic (exact) mass is 305 g/mol. The van der Waals surface area contributed by atoms with Gasteiger partial charge < -0.3 is 10.4 Å². The van der Waals surface area contributed by atoms with E-state index in [0.717, 1.165) is 16.8 Å². The van der Waals surface area contributed by atoms with Gasteiger partial charge in [-0.25, -0.2) is 0 Å². The number of aliphatic hydroxyl groups excluding tert-OH is 1. The fraction of sp³-hybridized carbons (Fsp3) is 0.471. The third kappa shape index (κ3) is 7.22. The van der Waals surface area contributed by atoms with Gasteiger partial charge >= 0.3 is 0 Å². The van der Waals surface area contributed by atoms with E-state index in [4.69, 9.17) is 5.11 Å². The third-order valence-electron chi connectivity index (χ3n) is 2.62. The molecular formula is C17H23NO2S. The number of benzene rings is 1. The van der Waals surface area contributed by atoms with Gasteiger partial charge in [0.25, 0.3) is 0 Å². The van der Waals surface area contributed by atoms with Crippen LogP contribution >= 0.6 is 11.8 Å². The molecule has 1 amide bonds. The van der Waals surface area contributed by atoms with E-state index < -0.39 is 0 Å². The fourth-order valence-electron chi connectivity index (χ4n) is 1.53. The van der Waals surface area contributed by atoms with Crippen molar-refractivity contribution < 1.29 is 9.90 Å². The summed E-state index contributed by atoms with van der Waals surface area (Å²) in [6, 6.07) is 5.70. The van der Waals surface area contributed by atoms with Crippen LogP contribution in [0.15, 0.2) is 18.2 Å². The maximum Gasteiger partial charge on any atom is 0.234 e. The van der Waals surface area contributed by atoms with Crippen LogP contribution in [0.3, 0.4) is 0 Å². The zero-order chi connectivity index (χ0) is 15.9. The molecule has 2 N–H and O–H groups in total. The Kier molecular flexibility index (Phi) is 6.80. The topological polar surface area (TPSA) is 49.3 Å². The Hall–Kier alpha value is -1.44. The fourth-order valence-corrected chi connectivity index (χ4v) is 2.16. The molecule has 4 heteroatoms. The van der Waals surface area contributed by atoms with E-state index >= 15 is 0 Å². The molecule has 1 aromatic carbocycles. The minimum absolute atomic E-state index is 0.00644. The number of carbonyl (C=O) groups is 1. The molecule has 0 aromatic heterocycles. The number of hydrogen-bond acceptors (Lipinski definition) is 3. The molecule has 1 rings (SSSR count). The van der Waals surface area contributed by atoms with Crippen molar-refractivity contribution in [3.05, 3.63) is 29.3 Å². The van der Waals surface area contributed by atoms with Crippen LogP contribution < -0.4 is 5.32 Å². The number of aliphatic hydroxyl groups is 1. The van der Waals surface area contributed by atoms with Crippen LogP contribution in [0, 0.1) is 18.8 Å². The van der Waals surface area contributed by atoms with Crippen molar-refractivity contribution >= 4 is 23.4 Å². The summed E-state index contributed by atoms with van der Waals surface area (Å²) < 4.78 is 0.0749. The average Bonchev–Trinajstić information content (AvgIpc) is 2.39. The van der Waals surface area contributed by atoms with Gasteiger partial charge in [-0.2, -0.15) is 0 Å². The van der Waals surface area contributed by atoms with Gasteiger partial charge in [0.1, 0.15) is 0 Å². The van der Waals surface area contributed by atoms with Gasteiger partial charge in [-0.3, -0.25) is 4.79 Å². The van der Waals surface area contributed by atoms with Crippen LogP contribution in [0.25, 0.3) is 0 Å². The Morgan fingerprint density at radius 3 is 2.71 bits per heavy atom. The van der Waals surface area contributed by atoms with Crippen molar-refractivity contribution in [2.45, 2.75) is 38.9 Å². The highest BCUT2D eigenvalue weighted by atomic mass is 32.2. The van der Waals surface area contributed by atoms with E-state index in [-0.39, 0.29) is 17.3 Å². The molecule has 0 radical (unpaired) electrons. The van der Waals surface area contributed by atoms with Gasteiger partial charge in [0.15, 0.2) is 0 Å². The molecule has 0 spiro atoms. The Labute approximate surface area is 131 Å². The molecule has 3 nitrogen and oxygen atoms in total. The molecule has 0 aliphatic heterocycles. The van der Waals surface area contributed by atoms with Crippen molar-refractivity contribution in [2.24, 2.45) is 0 Å². The second-order valence-electron chi connectivity index (χ2n) is 5.75. The first kappa shape index (κ1) is 17.6. The summed E-state index contributed by atoms with van der Waals surface area (Å²) in [7, 11) is 0. The zero-order valence-electron chi connectivity index (χ0n) is 13.1. The third-order valence-corrected chi connectivity index (χ3v) is 3.89.